The zero-order valence-corrected chi connectivity index (χ0v) is 9.23. The van der Waals surface area contributed by atoms with Crippen LogP contribution in [-0.2, 0) is 17.6 Å². The molecule has 0 aliphatic rings. The van der Waals surface area contributed by atoms with E-state index >= 15 is 0 Å². The van der Waals surface area contributed by atoms with Gasteiger partial charge in [0.2, 0.25) is 0 Å². The Morgan fingerprint density at radius 3 is 2.73 bits per heavy atom. The lowest BCUT2D eigenvalue weighted by atomic mass is 9.96. The van der Waals surface area contributed by atoms with Gasteiger partial charge in [0.15, 0.2) is 0 Å². The summed E-state index contributed by atoms with van der Waals surface area (Å²) in [5.41, 5.74) is 1.01. The number of aliphatic hydroxyl groups is 1. The molecule has 1 unspecified atom stereocenters. The van der Waals surface area contributed by atoms with Crippen LogP contribution in [0, 0.1) is 0 Å². The zero-order chi connectivity index (χ0) is 11.3. The zero-order valence-electron chi connectivity index (χ0n) is 9.23. The summed E-state index contributed by atoms with van der Waals surface area (Å²) in [5.74, 6) is 0. The highest BCUT2D eigenvalue weighted by Gasteiger charge is 2.20. The first-order valence-corrected chi connectivity index (χ1v) is 5.17. The van der Waals surface area contributed by atoms with Gasteiger partial charge in [-0.15, -0.1) is 0 Å². The molecule has 0 saturated heterocycles. The number of nitrogens with zero attached hydrogens (tertiary/aromatic N) is 1. The molecule has 1 atom stereocenters. The van der Waals surface area contributed by atoms with Crippen molar-refractivity contribution in [2.45, 2.75) is 38.7 Å². The summed E-state index contributed by atoms with van der Waals surface area (Å²) in [7, 11) is 0. The van der Waals surface area contributed by atoms with Crippen molar-refractivity contribution < 1.29 is 9.90 Å². The van der Waals surface area contributed by atoms with Crippen molar-refractivity contribution >= 4 is 6.29 Å². The van der Waals surface area contributed by atoms with Crippen LogP contribution < -0.4 is 0 Å². The highest BCUT2D eigenvalue weighted by atomic mass is 16.3. The summed E-state index contributed by atoms with van der Waals surface area (Å²) in [4.78, 5) is 14.6. The first kappa shape index (κ1) is 11.9. The lowest BCUT2D eigenvalue weighted by Gasteiger charge is -2.19. The number of aryl methyl sites for hydroxylation is 1. The third-order valence-corrected chi connectivity index (χ3v) is 2.38. The molecule has 3 heteroatoms. The lowest BCUT2D eigenvalue weighted by Crippen LogP contribution is -2.28. The molecule has 82 valence electrons. The van der Waals surface area contributed by atoms with E-state index in [1.54, 1.807) is 6.92 Å². The monoisotopic (exact) mass is 207 g/mol. The minimum atomic E-state index is -0.984. The van der Waals surface area contributed by atoms with Crippen LogP contribution >= 0.6 is 0 Å². The van der Waals surface area contributed by atoms with Gasteiger partial charge in [0.25, 0.3) is 0 Å². The maximum absolute atomic E-state index is 10.3. The average Bonchev–Trinajstić information content (AvgIpc) is 2.18. The third-order valence-electron chi connectivity index (χ3n) is 2.38. The predicted octanol–water partition coefficient (Wildman–Crippen LogP) is 1.53. The maximum Gasteiger partial charge on any atom is 0.122 e. The normalized spacial score (nSPS) is 14.6. The summed E-state index contributed by atoms with van der Waals surface area (Å²) in [6.07, 6.45) is 4.06. The molecular weight excluding hydrogens is 190 g/mol. The van der Waals surface area contributed by atoms with Crippen molar-refractivity contribution in [3.63, 3.8) is 0 Å². The quantitative estimate of drug-likeness (QED) is 0.745. The Hall–Kier alpha value is -1.22. The van der Waals surface area contributed by atoms with Crippen LogP contribution in [0.25, 0.3) is 0 Å². The Kier molecular flexibility index (Phi) is 3.97. The molecule has 1 heterocycles. The van der Waals surface area contributed by atoms with Crippen molar-refractivity contribution in [3.05, 3.63) is 29.6 Å². The van der Waals surface area contributed by atoms with Gasteiger partial charge in [0.05, 0.1) is 5.60 Å². The molecule has 15 heavy (non-hydrogen) atoms. The highest BCUT2D eigenvalue weighted by Crippen LogP contribution is 2.14. The molecule has 0 bridgehead atoms. The van der Waals surface area contributed by atoms with E-state index in [1.807, 2.05) is 18.3 Å². The minimum Gasteiger partial charge on any atom is -0.389 e. The van der Waals surface area contributed by atoms with Crippen LogP contribution in [0.1, 0.15) is 31.5 Å². The topological polar surface area (TPSA) is 50.2 Å². The van der Waals surface area contributed by atoms with Gasteiger partial charge in [-0.05, 0) is 25.0 Å². The molecule has 1 aromatic heterocycles. The van der Waals surface area contributed by atoms with Crippen molar-refractivity contribution in [1.82, 2.24) is 4.98 Å². The molecule has 0 amide bonds. The Morgan fingerprint density at radius 2 is 2.27 bits per heavy atom. The number of aldehydes is 1. The molecule has 0 aromatic carbocycles. The van der Waals surface area contributed by atoms with E-state index in [0.717, 1.165) is 18.4 Å². The summed E-state index contributed by atoms with van der Waals surface area (Å²) in [6, 6.07) is 3.90. The minimum absolute atomic E-state index is 0.143. The van der Waals surface area contributed by atoms with Gasteiger partial charge in [-0.3, -0.25) is 4.98 Å². The molecule has 0 aliphatic carbocycles. The second kappa shape index (κ2) is 5.03. The predicted molar refractivity (Wildman–Crippen MR) is 58.6 cm³/mol. The SMILES string of the molecule is CCc1ccc(CC(C)(O)CC=O)nc1. The number of rotatable bonds is 5. The summed E-state index contributed by atoms with van der Waals surface area (Å²) < 4.78 is 0. The van der Waals surface area contributed by atoms with Crippen LogP contribution in [-0.4, -0.2) is 22.0 Å². The number of hydrogen-bond acceptors (Lipinski definition) is 3. The number of aromatic nitrogens is 1. The van der Waals surface area contributed by atoms with E-state index in [4.69, 9.17) is 0 Å². The fourth-order valence-corrected chi connectivity index (χ4v) is 1.41. The summed E-state index contributed by atoms with van der Waals surface area (Å²) in [6.45, 7) is 3.72. The van der Waals surface area contributed by atoms with Crippen LogP contribution in [0.4, 0.5) is 0 Å². The third kappa shape index (κ3) is 3.80. The standard InChI is InChI=1S/C12H17NO2/c1-3-10-4-5-11(13-9-10)8-12(2,15)6-7-14/h4-5,7,9,15H,3,6,8H2,1-2H3. The second-order valence-corrected chi connectivity index (χ2v) is 4.06. The smallest absolute Gasteiger partial charge is 0.122 e. The summed E-state index contributed by atoms with van der Waals surface area (Å²) >= 11 is 0. The average molecular weight is 207 g/mol. The Morgan fingerprint density at radius 1 is 1.53 bits per heavy atom. The molecule has 1 N–H and O–H groups in total. The molecule has 0 aliphatic heterocycles. The van der Waals surface area contributed by atoms with Crippen molar-refractivity contribution in [2.75, 3.05) is 0 Å². The lowest BCUT2D eigenvalue weighted by molar-refractivity contribution is -0.111. The molecule has 1 aromatic rings. The van der Waals surface area contributed by atoms with Crippen molar-refractivity contribution in [2.24, 2.45) is 0 Å². The van der Waals surface area contributed by atoms with Gasteiger partial charge in [-0.1, -0.05) is 13.0 Å². The van der Waals surface area contributed by atoms with E-state index in [2.05, 4.69) is 11.9 Å². The molecular formula is C12H17NO2. The maximum atomic E-state index is 10.3. The Balaban J connectivity index is 2.68. The second-order valence-electron chi connectivity index (χ2n) is 4.06. The Bertz CT molecular complexity index is 317. The van der Waals surface area contributed by atoms with Crippen LogP contribution in [0.2, 0.25) is 0 Å². The van der Waals surface area contributed by atoms with Gasteiger partial charge in [-0.2, -0.15) is 0 Å². The van der Waals surface area contributed by atoms with Crippen molar-refractivity contribution in [3.8, 4) is 0 Å². The number of hydrogen-bond donors (Lipinski definition) is 1. The first-order chi connectivity index (χ1) is 7.07. The van der Waals surface area contributed by atoms with Crippen LogP contribution in [0.3, 0.4) is 0 Å². The molecule has 3 nitrogen and oxygen atoms in total. The molecule has 1 rings (SSSR count). The van der Waals surface area contributed by atoms with Gasteiger partial charge < -0.3 is 9.90 Å². The Labute approximate surface area is 90.2 Å². The summed E-state index contributed by atoms with van der Waals surface area (Å²) in [5, 5.41) is 9.82. The van der Waals surface area contributed by atoms with Crippen LogP contribution in [0.15, 0.2) is 18.3 Å². The van der Waals surface area contributed by atoms with Gasteiger partial charge in [-0.25, -0.2) is 0 Å². The molecule has 0 radical (unpaired) electrons. The number of carbonyl (C=O) groups is 1. The van der Waals surface area contributed by atoms with E-state index in [9.17, 15) is 9.90 Å². The van der Waals surface area contributed by atoms with Crippen LogP contribution in [0.5, 0.6) is 0 Å². The molecule has 0 spiro atoms. The van der Waals surface area contributed by atoms with E-state index in [-0.39, 0.29) is 6.42 Å². The van der Waals surface area contributed by atoms with E-state index in [0.29, 0.717) is 6.42 Å². The molecule has 0 saturated carbocycles. The largest absolute Gasteiger partial charge is 0.389 e. The first-order valence-electron chi connectivity index (χ1n) is 5.17. The van der Waals surface area contributed by atoms with Gasteiger partial charge in [0.1, 0.15) is 6.29 Å². The molecule has 0 fully saturated rings. The number of carbonyl (C=O) groups excluding carboxylic acids is 1. The van der Waals surface area contributed by atoms with Gasteiger partial charge in [0, 0.05) is 24.7 Å². The van der Waals surface area contributed by atoms with E-state index in [1.165, 1.54) is 5.56 Å². The fraction of sp³-hybridized carbons (Fsp3) is 0.500. The van der Waals surface area contributed by atoms with Crippen molar-refractivity contribution in [1.29, 1.82) is 0 Å². The van der Waals surface area contributed by atoms with Gasteiger partial charge >= 0.3 is 0 Å². The highest BCUT2D eigenvalue weighted by molar-refractivity contribution is 5.51. The fourth-order valence-electron chi connectivity index (χ4n) is 1.41. The number of pyridine rings is 1. The van der Waals surface area contributed by atoms with E-state index < -0.39 is 5.60 Å².